The molecule has 4 rings (SSSR count). The van der Waals surface area contributed by atoms with Crippen LogP contribution in [0.4, 0.5) is 13.2 Å². The van der Waals surface area contributed by atoms with Gasteiger partial charge in [-0.15, -0.1) is 6.58 Å². The number of rotatable bonds is 13. The highest BCUT2D eigenvalue weighted by Gasteiger charge is 2.16. The molecule has 0 saturated heterocycles. The van der Waals surface area contributed by atoms with Crippen molar-refractivity contribution < 1.29 is 27.4 Å². The summed E-state index contributed by atoms with van der Waals surface area (Å²) in [5, 5.41) is 0. The molecule has 0 unspecified atom stereocenters. The fraction of sp³-hybridized carbons (Fsp3) is 0.212. The lowest BCUT2D eigenvalue weighted by Gasteiger charge is -2.12. The van der Waals surface area contributed by atoms with Crippen molar-refractivity contribution in [3.63, 3.8) is 0 Å². The first-order valence-electron chi connectivity index (χ1n) is 13.0. The van der Waals surface area contributed by atoms with Crippen molar-refractivity contribution in [3.8, 4) is 39.5 Å². The van der Waals surface area contributed by atoms with E-state index in [1.54, 1.807) is 78.9 Å². The van der Waals surface area contributed by atoms with Gasteiger partial charge < -0.3 is 14.2 Å². The van der Waals surface area contributed by atoms with Crippen LogP contribution in [-0.4, -0.2) is 13.2 Å². The number of ether oxygens (including phenoxy) is 3. The Morgan fingerprint density at radius 1 is 0.692 bits per heavy atom. The third-order valence-electron chi connectivity index (χ3n) is 6.16. The fourth-order valence-corrected chi connectivity index (χ4v) is 3.96. The summed E-state index contributed by atoms with van der Waals surface area (Å²) < 4.78 is 61.1. The average Bonchev–Trinajstić information content (AvgIpc) is 2.95. The van der Waals surface area contributed by atoms with Gasteiger partial charge in [-0.2, -0.15) is 0 Å². The zero-order valence-corrected chi connectivity index (χ0v) is 21.9. The molecule has 0 radical (unpaired) electrons. The summed E-state index contributed by atoms with van der Waals surface area (Å²) in [6.07, 6.45) is 4.32. The maximum atomic E-state index is 15.1. The van der Waals surface area contributed by atoms with E-state index in [9.17, 15) is 4.39 Å². The third kappa shape index (κ3) is 7.23. The number of hydrogen-bond acceptors (Lipinski definition) is 3. The first kappa shape index (κ1) is 27.8. The van der Waals surface area contributed by atoms with Crippen LogP contribution >= 0.6 is 0 Å². The molecule has 0 aliphatic heterocycles. The molecule has 39 heavy (non-hydrogen) atoms. The Bertz CT molecular complexity index is 1380. The molecule has 0 saturated carbocycles. The number of halogens is 3. The van der Waals surface area contributed by atoms with Gasteiger partial charge >= 0.3 is 0 Å². The minimum atomic E-state index is -0.921. The van der Waals surface area contributed by atoms with Gasteiger partial charge in [0.25, 0.3) is 0 Å². The van der Waals surface area contributed by atoms with E-state index >= 15 is 8.78 Å². The maximum Gasteiger partial charge on any atom is 0.167 e. The molecule has 0 N–H and O–H groups in total. The van der Waals surface area contributed by atoms with E-state index in [-0.39, 0.29) is 23.5 Å². The van der Waals surface area contributed by atoms with Crippen LogP contribution in [0.3, 0.4) is 0 Å². The first-order chi connectivity index (χ1) is 19.0. The van der Waals surface area contributed by atoms with E-state index in [1.807, 2.05) is 0 Å². The second kappa shape index (κ2) is 13.6. The monoisotopic (exact) mass is 532 g/mol. The van der Waals surface area contributed by atoms with Crippen molar-refractivity contribution >= 4 is 0 Å². The van der Waals surface area contributed by atoms with Gasteiger partial charge in [0.15, 0.2) is 23.2 Å². The van der Waals surface area contributed by atoms with Crippen molar-refractivity contribution in [2.24, 2.45) is 0 Å². The predicted octanol–water partition coefficient (Wildman–Crippen LogP) is 9.15. The molecule has 3 nitrogen and oxygen atoms in total. The van der Waals surface area contributed by atoms with Crippen molar-refractivity contribution in [1.82, 2.24) is 0 Å². The lowest BCUT2D eigenvalue weighted by molar-refractivity contribution is 0.298. The van der Waals surface area contributed by atoms with E-state index < -0.39 is 17.5 Å². The summed E-state index contributed by atoms with van der Waals surface area (Å²) in [5.41, 5.74) is 2.04. The molecule has 0 spiro atoms. The highest BCUT2D eigenvalue weighted by Crippen LogP contribution is 2.33. The quantitative estimate of drug-likeness (QED) is 0.127. The van der Waals surface area contributed by atoms with Gasteiger partial charge in [0, 0.05) is 11.1 Å². The molecule has 0 aromatic heterocycles. The van der Waals surface area contributed by atoms with E-state index in [4.69, 9.17) is 14.2 Å². The zero-order chi connectivity index (χ0) is 27.6. The Morgan fingerprint density at radius 2 is 1.28 bits per heavy atom. The van der Waals surface area contributed by atoms with Crippen LogP contribution in [0.1, 0.15) is 31.7 Å². The molecule has 202 valence electrons. The lowest BCUT2D eigenvalue weighted by Crippen LogP contribution is -2.00. The van der Waals surface area contributed by atoms with Gasteiger partial charge in [0.2, 0.25) is 0 Å². The average molecular weight is 533 g/mol. The Labute approximate surface area is 227 Å². The molecule has 0 aliphatic carbocycles. The van der Waals surface area contributed by atoms with Crippen LogP contribution in [0.15, 0.2) is 91.5 Å². The molecule has 4 aromatic carbocycles. The molecule has 0 bridgehead atoms. The summed E-state index contributed by atoms with van der Waals surface area (Å²) in [4.78, 5) is 0. The Balaban J connectivity index is 1.40. The highest BCUT2D eigenvalue weighted by molar-refractivity contribution is 5.72. The molecule has 6 heteroatoms. The van der Waals surface area contributed by atoms with Crippen molar-refractivity contribution in [2.45, 2.75) is 32.8 Å². The van der Waals surface area contributed by atoms with Gasteiger partial charge in [0.1, 0.15) is 18.1 Å². The Hall–Kier alpha value is -4.19. The van der Waals surface area contributed by atoms with Gasteiger partial charge in [-0.1, -0.05) is 61.9 Å². The van der Waals surface area contributed by atoms with Gasteiger partial charge in [-0.3, -0.25) is 0 Å². The van der Waals surface area contributed by atoms with Gasteiger partial charge in [0.05, 0.1) is 13.2 Å². The van der Waals surface area contributed by atoms with Gasteiger partial charge in [-0.05, 0) is 65.9 Å². The van der Waals surface area contributed by atoms with E-state index in [2.05, 4.69) is 13.5 Å². The zero-order valence-electron chi connectivity index (χ0n) is 21.9. The summed E-state index contributed by atoms with van der Waals surface area (Å²) in [7, 11) is 0. The summed E-state index contributed by atoms with van der Waals surface area (Å²) in [6.45, 7) is 6.82. The molecule has 4 aromatic rings. The molecule has 0 atom stereocenters. The molecule has 0 fully saturated rings. The maximum absolute atomic E-state index is 15.1. The summed E-state index contributed by atoms with van der Waals surface area (Å²) in [6, 6.07) is 21.4. The third-order valence-corrected chi connectivity index (χ3v) is 6.16. The summed E-state index contributed by atoms with van der Waals surface area (Å²) >= 11 is 0. The fourth-order valence-electron chi connectivity index (χ4n) is 3.96. The van der Waals surface area contributed by atoms with Crippen molar-refractivity contribution in [1.29, 1.82) is 0 Å². The van der Waals surface area contributed by atoms with Crippen molar-refractivity contribution in [2.75, 3.05) is 13.2 Å². The van der Waals surface area contributed by atoms with Crippen LogP contribution in [0.5, 0.6) is 17.2 Å². The number of unbranched alkanes of at least 4 members (excludes halogenated alkanes) is 1. The second-order valence-electron chi connectivity index (χ2n) is 9.02. The standard InChI is InChI=1S/C33H31F3O3/c1-3-5-19-37-26-12-8-24(9-13-26)28-16-17-29(33(36)32(28)35)25-10-14-27(15-11-25)39-22-23-7-18-31(30(34)21-23)38-20-6-4-2/h4,7-18,21H,2-3,5-6,19-20,22H2,1H3. The minimum Gasteiger partial charge on any atom is -0.494 e. The SMILES string of the molecule is C=CCCOc1ccc(COc2ccc(-c3ccc(-c4ccc(OCCCC)cc4)c(F)c3F)cc2)cc1F. The van der Waals surface area contributed by atoms with Crippen LogP contribution in [0, 0.1) is 17.5 Å². The van der Waals surface area contributed by atoms with Crippen molar-refractivity contribution in [3.05, 3.63) is 115 Å². The molecular weight excluding hydrogens is 501 g/mol. The predicted molar refractivity (Wildman–Crippen MR) is 149 cm³/mol. The van der Waals surface area contributed by atoms with Gasteiger partial charge in [-0.25, -0.2) is 13.2 Å². The van der Waals surface area contributed by atoms with Crippen LogP contribution < -0.4 is 14.2 Å². The Kier molecular flexibility index (Phi) is 9.68. The molecule has 0 heterocycles. The van der Waals surface area contributed by atoms with E-state index in [1.165, 1.54) is 6.07 Å². The summed E-state index contributed by atoms with van der Waals surface area (Å²) in [5.74, 6) is -0.903. The van der Waals surface area contributed by atoms with E-state index in [0.29, 0.717) is 47.8 Å². The Morgan fingerprint density at radius 3 is 1.82 bits per heavy atom. The van der Waals surface area contributed by atoms with Crippen LogP contribution in [0.25, 0.3) is 22.3 Å². The largest absolute Gasteiger partial charge is 0.494 e. The normalized spacial score (nSPS) is 10.8. The molecule has 0 amide bonds. The number of benzene rings is 4. The smallest absolute Gasteiger partial charge is 0.167 e. The molecule has 0 aliphatic rings. The van der Waals surface area contributed by atoms with Crippen LogP contribution in [0.2, 0.25) is 0 Å². The highest BCUT2D eigenvalue weighted by atomic mass is 19.2. The molecular formula is C33H31F3O3. The van der Waals surface area contributed by atoms with E-state index in [0.717, 1.165) is 12.8 Å². The second-order valence-corrected chi connectivity index (χ2v) is 9.02. The minimum absolute atomic E-state index is 0.142. The van der Waals surface area contributed by atoms with Crippen LogP contribution in [-0.2, 0) is 6.61 Å². The first-order valence-corrected chi connectivity index (χ1v) is 13.0. The lowest BCUT2D eigenvalue weighted by atomic mass is 9.98. The number of hydrogen-bond donors (Lipinski definition) is 0. The topological polar surface area (TPSA) is 27.7 Å².